The standard InChI is InChI=1S/C15H21NO5/c1-11-4-2-3-5-12(7-6-11)20-10-15(19)21-16-13(17)8-9-14(16)18/h2-3,11-12H,4-10H2,1H3/b3-2+. The molecular formula is C15H21NO5. The van der Waals surface area contributed by atoms with E-state index in [2.05, 4.69) is 19.1 Å². The van der Waals surface area contributed by atoms with Gasteiger partial charge in [0.25, 0.3) is 11.8 Å². The molecule has 1 heterocycles. The van der Waals surface area contributed by atoms with E-state index < -0.39 is 17.8 Å². The first-order valence-corrected chi connectivity index (χ1v) is 7.39. The molecule has 2 rings (SSSR count). The highest BCUT2D eigenvalue weighted by Gasteiger charge is 2.32. The molecule has 21 heavy (non-hydrogen) atoms. The molecule has 2 aliphatic rings. The van der Waals surface area contributed by atoms with E-state index in [1.807, 2.05) is 0 Å². The Bertz CT molecular complexity index is 429. The number of ether oxygens (including phenoxy) is 1. The average molecular weight is 295 g/mol. The number of amides is 2. The largest absolute Gasteiger partial charge is 0.366 e. The van der Waals surface area contributed by atoms with E-state index in [1.165, 1.54) is 0 Å². The molecule has 0 N–H and O–H groups in total. The minimum Gasteiger partial charge on any atom is -0.366 e. The summed E-state index contributed by atoms with van der Waals surface area (Å²) in [4.78, 5) is 39.0. The molecule has 1 aliphatic heterocycles. The Hall–Kier alpha value is -1.69. The highest BCUT2D eigenvalue weighted by molar-refractivity contribution is 6.01. The van der Waals surface area contributed by atoms with Gasteiger partial charge in [0, 0.05) is 12.8 Å². The van der Waals surface area contributed by atoms with Crippen LogP contribution in [0.15, 0.2) is 12.2 Å². The average Bonchev–Trinajstić information content (AvgIpc) is 2.74. The molecule has 0 bridgehead atoms. The molecule has 6 nitrogen and oxygen atoms in total. The Morgan fingerprint density at radius 2 is 1.86 bits per heavy atom. The van der Waals surface area contributed by atoms with Gasteiger partial charge in [-0.05, 0) is 31.6 Å². The lowest BCUT2D eigenvalue weighted by atomic mass is 9.95. The molecule has 0 radical (unpaired) electrons. The van der Waals surface area contributed by atoms with Crippen LogP contribution in [0.4, 0.5) is 0 Å². The minimum absolute atomic E-state index is 0.0264. The van der Waals surface area contributed by atoms with Gasteiger partial charge in [-0.2, -0.15) is 0 Å². The fourth-order valence-corrected chi connectivity index (χ4v) is 2.41. The second-order valence-electron chi connectivity index (χ2n) is 5.60. The van der Waals surface area contributed by atoms with Gasteiger partial charge in [-0.1, -0.05) is 19.1 Å². The third-order valence-electron chi connectivity index (χ3n) is 3.72. The molecule has 2 unspecified atom stereocenters. The highest BCUT2D eigenvalue weighted by atomic mass is 16.7. The number of hydrogen-bond donors (Lipinski definition) is 0. The minimum atomic E-state index is -0.710. The van der Waals surface area contributed by atoms with Crippen molar-refractivity contribution in [2.45, 2.75) is 51.6 Å². The van der Waals surface area contributed by atoms with E-state index in [-0.39, 0.29) is 25.6 Å². The van der Waals surface area contributed by atoms with E-state index in [0.717, 1.165) is 25.7 Å². The van der Waals surface area contributed by atoms with Crippen LogP contribution in [-0.4, -0.2) is 35.6 Å². The van der Waals surface area contributed by atoms with Crippen molar-refractivity contribution in [1.82, 2.24) is 5.06 Å². The van der Waals surface area contributed by atoms with Gasteiger partial charge >= 0.3 is 5.97 Å². The summed E-state index contributed by atoms with van der Waals surface area (Å²) in [5.41, 5.74) is 0. The van der Waals surface area contributed by atoms with Crippen molar-refractivity contribution in [1.29, 1.82) is 0 Å². The molecule has 1 aliphatic carbocycles. The molecule has 2 amide bonds. The van der Waals surface area contributed by atoms with Crippen LogP contribution in [0.25, 0.3) is 0 Å². The first-order chi connectivity index (χ1) is 10.1. The fraction of sp³-hybridized carbons (Fsp3) is 0.667. The lowest BCUT2D eigenvalue weighted by Crippen LogP contribution is -2.34. The second kappa shape index (κ2) is 7.36. The molecule has 1 saturated heterocycles. The van der Waals surface area contributed by atoms with Crippen LogP contribution in [0, 0.1) is 5.92 Å². The fourth-order valence-electron chi connectivity index (χ4n) is 2.41. The Labute approximate surface area is 124 Å². The molecule has 2 atom stereocenters. The molecule has 1 fully saturated rings. The topological polar surface area (TPSA) is 72.9 Å². The molecule has 0 aromatic rings. The number of hydrogen-bond acceptors (Lipinski definition) is 5. The first-order valence-electron chi connectivity index (χ1n) is 7.39. The smallest absolute Gasteiger partial charge is 0.358 e. The Kier molecular flexibility index (Phi) is 5.50. The van der Waals surface area contributed by atoms with E-state index in [4.69, 9.17) is 9.57 Å². The maximum Gasteiger partial charge on any atom is 0.358 e. The summed E-state index contributed by atoms with van der Waals surface area (Å²) in [7, 11) is 0. The molecular weight excluding hydrogens is 274 g/mol. The zero-order valence-electron chi connectivity index (χ0n) is 12.2. The number of hydroxylamine groups is 2. The van der Waals surface area contributed by atoms with E-state index >= 15 is 0 Å². The van der Waals surface area contributed by atoms with Crippen molar-refractivity contribution in [3.63, 3.8) is 0 Å². The Balaban J connectivity index is 1.75. The van der Waals surface area contributed by atoms with Crippen molar-refractivity contribution in [2.24, 2.45) is 5.92 Å². The zero-order chi connectivity index (χ0) is 15.2. The monoisotopic (exact) mass is 295 g/mol. The SMILES string of the molecule is CC1C/C=C/CC(OCC(=O)ON2C(=O)CCC2=O)CC1. The van der Waals surface area contributed by atoms with Gasteiger partial charge in [-0.25, -0.2) is 4.79 Å². The lowest BCUT2D eigenvalue weighted by molar-refractivity contribution is -0.201. The van der Waals surface area contributed by atoms with Gasteiger partial charge < -0.3 is 9.57 Å². The molecule has 0 aromatic carbocycles. The normalized spacial score (nSPS) is 28.1. The van der Waals surface area contributed by atoms with Crippen molar-refractivity contribution in [2.75, 3.05) is 6.61 Å². The van der Waals surface area contributed by atoms with E-state index in [1.54, 1.807) is 0 Å². The van der Waals surface area contributed by atoms with Crippen molar-refractivity contribution in [3.8, 4) is 0 Å². The maximum absolute atomic E-state index is 11.6. The molecule has 0 spiro atoms. The predicted molar refractivity (Wildman–Crippen MR) is 73.7 cm³/mol. The highest BCUT2D eigenvalue weighted by Crippen LogP contribution is 2.20. The number of carbonyl (C=O) groups excluding carboxylic acids is 3. The Morgan fingerprint density at radius 1 is 1.19 bits per heavy atom. The molecule has 116 valence electrons. The van der Waals surface area contributed by atoms with Crippen LogP contribution in [0.5, 0.6) is 0 Å². The van der Waals surface area contributed by atoms with Crippen LogP contribution >= 0.6 is 0 Å². The van der Waals surface area contributed by atoms with Crippen LogP contribution < -0.4 is 0 Å². The van der Waals surface area contributed by atoms with Crippen molar-refractivity contribution < 1.29 is 24.0 Å². The summed E-state index contributed by atoms with van der Waals surface area (Å²) in [6.07, 6.45) is 8.15. The lowest BCUT2D eigenvalue weighted by Gasteiger charge is -2.20. The van der Waals surface area contributed by atoms with Crippen molar-refractivity contribution >= 4 is 17.8 Å². The maximum atomic E-state index is 11.6. The number of rotatable bonds is 4. The van der Waals surface area contributed by atoms with Gasteiger partial charge in [-0.15, -0.1) is 5.06 Å². The van der Waals surface area contributed by atoms with Gasteiger partial charge in [0.1, 0.15) is 6.61 Å². The van der Waals surface area contributed by atoms with Crippen LogP contribution in [0.1, 0.15) is 45.4 Å². The third-order valence-corrected chi connectivity index (χ3v) is 3.72. The van der Waals surface area contributed by atoms with Gasteiger partial charge in [0.05, 0.1) is 6.10 Å². The first kappa shape index (κ1) is 15.7. The predicted octanol–water partition coefficient (Wildman–Crippen LogP) is 1.75. The second-order valence-corrected chi connectivity index (χ2v) is 5.60. The molecule has 0 saturated carbocycles. The summed E-state index contributed by atoms with van der Waals surface area (Å²) in [6, 6.07) is 0. The van der Waals surface area contributed by atoms with Crippen molar-refractivity contribution in [3.05, 3.63) is 12.2 Å². The third kappa shape index (κ3) is 4.67. The summed E-state index contributed by atoms with van der Waals surface area (Å²) in [5, 5.41) is 0.547. The van der Waals surface area contributed by atoms with Crippen LogP contribution in [0.3, 0.4) is 0 Å². The number of nitrogens with zero attached hydrogens (tertiary/aromatic N) is 1. The van der Waals surface area contributed by atoms with Crippen LogP contribution in [0.2, 0.25) is 0 Å². The van der Waals surface area contributed by atoms with E-state index in [9.17, 15) is 14.4 Å². The molecule has 6 heteroatoms. The number of imide groups is 1. The summed E-state index contributed by atoms with van der Waals surface area (Å²) >= 11 is 0. The zero-order valence-corrected chi connectivity index (χ0v) is 12.2. The van der Waals surface area contributed by atoms with Gasteiger partial charge in [-0.3, -0.25) is 9.59 Å². The quantitative estimate of drug-likeness (QED) is 0.583. The van der Waals surface area contributed by atoms with Gasteiger partial charge in [0.2, 0.25) is 0 Å². The Morgan fingerprint density at radius 3 is 2.57 bits per heavy atom. The molecule has 0 aromatic heterocycles. The summed E-state index contributed by atoms with van der Waals surface area (Å²) < 4.78 is 5.53. The number of carbonyl (C=O) groups is 3. The van der Waals surface area contributed by atoms with E-state index in [0.29, 0.717) is 11.0 Å². The summed E-state index contributed by atoms with van der Waals surface area (Å²) in [6.45, 7) is 1.94. The van der Waals surface area contributed by atoms with Crippen LogP contribution in [-0.2, 0) is 24.0 Å². The summed E-state index contributed by atoms with van der Waals surface area (Å²) in [5.74, 6) is -1.05. The number of allylic oxidation sites excluding steroid dienone is 1. The van der Waals surface area contributed by atoms with Gasteiger partial charge in [0.15, 0.2) is 0 Å².